The molecule has 0 bridgehead atoms. The lowest BCUT2D eigenvalue weighted by Crippen LogP contribution is -2.38. The Labute approximate surface area is 159 Å². The Morgan fingerprint density at radius 2 is 1.74 bits per heavy atom. The van der Waals surface area contributed by atoms with Gasteiger partial charge in [-0.05, 0) is 43.5 Å². The second-order valence-electron chi connectivity index (χ2n) is 6.41. The summed E-state index contributed by atoms with van der Waals surface area (Å²) in [5, 5.41) is 14.2. The van der Waals surface area contributed by atoms with Crippen LogP contribution in [0.5, 0.6) is 0 Å². The van der Waals surface area contributed by atoms with Crippen molar-refractivity contribution in [3.63, 3.8) is 0 Å². The van der Waals surface area contributed by atoms with Gasteiger partial charge in [-0.15, -0.1) is 0 Å². The highest BCUT2D eigenvalue weighted by Crippen LogP contribution is 2.19. The molecule has 3 N–H and O–H groups in total. The third kappa shape index (κ3) is 5.91. The fraction of sp³-hybridized carbons (Fsp3) is 0.333. The molecule has 2 aromatic carbocycles. The molecule has 0 spiro atoms. The molecule has 0 aliphatic rings. The van der Waals surface area contributed by atoms with Crippen LogP contribution in [0.15, 0.2) is 42.5 Å². The molecule has 0 heterocycles. The van der Waals surface area contributed by atoms with Crippen LogP contribution in [0.3, 0.4) is 0 Å². The SMILES string of the molecule is Cc1ccc(C(CNC(=O)C(=O)Nc2cccc(C)c2C)OCCO)cc1. The summed E-state index contributed by atoms with van der Waals surface area (Å²) in [6, 6.07) is 13.2. The second-order valence-corrected chi connectivity index (χ2v) is 6.41. The molecule has 144 valence electrons. The number of carbonyl (C=O) groups excluding carboxylic acids is 2. The van der Waals surface area contributed by atoms with E-state index in [9.17, 15) is 9.59 Å². The van der Waals surface area contributed by atoms with Crippen LogP contribution < -0.4 is 10.6 Å². The molecule has 1 atom stereocenters. The molecular formula is C21H26N2O4. The van der Waals surface area contributed by atoms with Crippen molar-refractivity contribution in [2.45, 2.75) is 26.9 Å². The van der Waals surface area contributed by atoms with Gasteiger partial charge < -0.3 is 20.5 Å². The Balaban J connectivity index is 1.98. The molecule has 0 aromatic heterocycles. The van der Waals surface area contributed by atoms with Gasteiger partial charge in [-0.2, -0.15) is 0 Å². The van der Waals surface area contributed by atoms with Crippen LogP contribution in [0.4, 0.5) is 5.69 Å². The maximum atomic E-state index is 12.2. The molecule has 2 rings (SSSR count). The quantitative estimate of drug-likeness (QED) is 0.653. The van der Waals surface area contributed by atoms with Gasteiger partial charge in [0, 0.05) is 12.2 Å². The number of aryl methyl sites for hydroxylation is 2. The topological polar surface area (TPSA) is 87.7 Å². The fourth-order valence-electron chi connectivity index (χ4n) is 2.58. The Bertz CT molecular complexity index is 787. The van der Waals surface area contributed by atoms with E-state index >= 15 is 0 Å². The summed E-state index contributed by atoms with van der Waals surface area (Å²) in [6.07, 6.45) is -0.449. The van der Waals surface area contributed by atoms with E-state index in [2.05, 4.69) is 10.6 Å². The number of rotatable bonds is 7. The minimum atomic E-state index is -0.736. The van der Waals surface area contributed by atoms with Crippen molar-refractivity contribution in [3.05, 3.63) is 64.7 Å². The first-order chi connectivity index (χ1) is 12.9. The Morgan fingerprint density at radius 3 is 2.41 bits per heavy atom. The minimum Gasteiger partial charge on any atom is -0.394 e. The lowest BCUT2D eigenvalue weighted by atomic mass is 10.1. The van der Waals surface area contributed by atoms with Crippen LogP contribution in [0.25, 0.3) is 0 Å². The Kier molecular flexibility index (Phi) is 7.52. The van der Waals surface area contributed by atoms with Crippen molar-refractivity contribution in [3.8, 4) is 0 Å². The largest absolute Gasteiger partial charge is 0.394 e. The summed E-state index contributed by atoms with van der Waals surface area (Å²) in [7, 11) is 0. The van der Waals surface area contributed by atoms with Crippen LogP contribution in [-0.4, -0.2) is 36.7 Å². The standard InChI is InChI=1S/C21H26N2O4/c1-14-7-9-17(10-8-14)19(27-12-11-24)13-22-20(25)21(26)23-18-6-4-5-15(2)16(18)3/h4-10,19,24H,11-13H2,1-3H3,(H,22,25)(H,23,26). The molecule has 6 heteroatoms. The smallest absolute Gasteiger partial charge is 0.313 e. The van der Waals surface area contributed by atoms with Crippen molar-refractivity contribution in [2.75, 3.05) is 25.1 Å². The molecule has 1 unspecified atom stereocenters. The third-order valence-corrected chi connectivity index (χ3v) is 4.37. The summed E-state index contributed by atoms with van der Waals surface area (Å²) in [5.41, 5.74) is 4.54. The van der Waals surface area contributed by atoms with E-state index in [-0.39, 0.29) is 19.8 Å². The number of aliphatic hydroxyl groups excluding tert-OH is 1. The molecule has 0 radical (unpaired) electrons. The van der Waals surface area contributed by atoms with Crippen LogP contribution in [0.1, 0.15) is 28.4 Å². The van der Waals surface area contributed by atoms with Gasteiger partial charge in [0.1, 0.15) is 0 Å². The van der Waals surface area contributed by atoms with E-state index < -0.39 is 17.9 Å². The first-order valence-corrected chi connectivity index (χ1v) is 8.86. The Morgan fingerprint density at radius 1 is 1.04 bits per heavy atom. The first-order valence-electron chi connectivity index (χ1n) is 8.86. The average molecular weight is 370 g/mol. The molecular weight excluding hydrogens is 344 g/mol. The molecule has 2 aromatic rings. The van der Waals surface area contributed by atoms with Crippen LogP contribution in [-0.2, 0) is 14.3 Å². The predicted molar refractivity (Wildman–Crippen MR) is 105 cm³/mol. The maximum Gasteiger partial charge on any atom is 0.313 e. The third-order valence-electron chi connectivity index (χ3n) is 4.37. The van der Waals surface area contributed by atoms with Crippen molar-refractivity contribution in [1.29, 1.82) is 0 Å². The van der Waals surface area contributed by atoms with Crippen LogP contribution in [0, 0.1) is 20.8 Å². The first kappa shape index (κ1) is 20.6. The summed E-state index contributed by atoms with van der Waals surface area (Å²) in [5.74, 6) is -1.46. The lowest BCUT2D eigenvalue weighted by molar-refractivity contribution is -0.136. The molecule has 0 aliphatic heterocycles. The molecule has 0 aliphatic carbocycles. The van der Waals surface area contributed by atoms with Gasteiger partial charge in [0.05, 0.1) is 19.3 Å². The van der Waals surface area contributed by atoms with Gasteiger partial charge in [0.15, 0.2) is 0 Å². The molecule has 0 saturated carbocycles. The molecule has 2 amide bonds. The van der Waals surface area contributed by atoms with Gasteiger partial charge in [0.25, 0.3) is 0 Å². The number of nitrogens with one attached hydrogen (secondary N) is 2. The van der Waals surface area contributed by atoms with Crippen molar-refractivity contribution in [1.82, 2.24) is 5.32 Å². The zero-order valence-electron chi connectivity index (χ0n) is 15.9. The van der Waals surface area contributed by atoms with Gasteiger partial charge >= 0.3 is 11.8 Å². The molecule has 27 heavy (non-hydrogen) atoms. The van der Waals surface area contributed by atoms with E-state index in [0.717, 1.165) is 22.3 Å². The highest BCUT2D eigenvalue weighted by Gasteiger charge is 2.18. The Hall–Kier alpha value is -2.70. The van der Waals surface area contributed by atoms with E-state index in [1.54, 1.807) is 6.07 Å². The van der Waals surface area contributed by atoms with Gasteiger partial charge in [0.2, 0.25) is 0 Å². The van der Waals surface area contributed by atoms with Crippen LogP contribution >= 0.6 is 0 Å². The number of benzene rings is 2. The number of carbonyl (C=O) groups is 2. The van der Waals surface area contributed by atoms with E-state index in [4.69, 9.17) is 9.84 Å². The van der Waals surface area contributed by atoms with E-state index in [1.165, 1.54) is 0 Å². The number of ether oxygens (including phenoxy) is 1. The summed E-state index contributed by atoms with van der Waals surface area (Å²) < 4.78 is 5.60. The van der Waals surface area contributed by atoms with Gasteiger partial charge in [-0.1, -0.05) is 42.0 Å². The molecule has 6 nitrogen and oxygen atoms in total. The molecule has 0 saturated heterocycles. The zero-order chi connectivity index (χ0) is 19.8. The minimum absolute atomic E-state index is 0.122. The van der Waals surface area contributed by atoms with Crippen molar-refractivity contribution < 1.29 is 19.4 Å². The van der Waals surface area contributed by atoms with Gasteiger partial charge in [-0.25, -0.2) is 0 Å². The summed E-state index contributed by atoms with van der Waals surface area (Å²) in [4.78, 5) is 24.4. The van der Waals surface area contributed by atoms with Crippen molar-refractivity contribution in [2.24, 2.45) is 0 Å². The average Bonchev–Trinajstić information content (AvgIpc) is 2.66. The second kappa shape index (κ2) is 9.85. The van der Waals surface area contributed by atoms with E-state index in [1.807, 2.05) is 57.2 Å². The number of hydrogen-bond acceptors (Lipinski definition) is 4. The zero-order valence-corrected chi connectivity index (χ0v) is 15.9. The highest BCUT2D eigenvalue weighted by molar-refractivity contribution is 6.39. The fourth-order valence-corrected chi connectivity index (χ4v) is 2.58. The normalized spacial score (nSPS) is 11.7. The number of aliphatic hydroxyl groups is 1. The lowest BCUT2D eigenvalue weighted by Gasteiger charge is -2.19. The summed E-state index contributed by atoms with van der Waals surface area (Å²) >= 11 is 0. The number of amides is 2. The van der Waals surface area contributed by atoms with Crippen molar-refractivity contribution >= 4 is 17.5 Å². The predicted octanol–water partition coefficient (Wildman–Crippen LogP) is 2.42. The maximum absolute atomic E-state index is 12.2. The van der Waals surface area contributed by atoms with E-state index in [0.29, 0.717) is 5.69 Å². The van der Waals surface area contributed by atoms with Gasteiger partial charge in [-0.3, -0.25) is 9.59 Å². The number of hydrogen-bond donors (Lipinski definition) is 3. The monoisotopic (exact) mass is 370 g/mol. The number of anilines is 1. The van der Waals surface area contributed by atoms with Crippen LogP contribution in [0.2, 0.25) is 0 Å². The summed E-state index contributed by atoms with van der Waals surface area (Å²) in [6.45, 7) is 5.95. The highest BCUT2D eigenvalue weighted by atomic mass is 16.5. The molecule has 0 fully saturated rings.